The van der Waals surface area contributed by atoms with Crippen LogP contribution in [-0.4, -0.2) is 25.7 Å². The quantitative estimate of drug-likeness (QED) is 0.686. The molecule has 0 saturated carbocycles. The summed E-state index contributed by atoms with van der Waals surface area (Å²) in [6, 6.07) is 15.4. The van der Waals surface area contributed by atoms with Crippen LogP contribution in [-0.2, 0) is 6.42 Å². The highest BCUT2D eigenvalue weighted by Crippen LogP contribution is 2.25. The second kappa shape index (κ2) is 9.94. The summed E-state index contributed by atoms with van der Waals surface area (Å²) in [5, 5.41) is 6.35. The van der Waals surface area contributed by atoms with Gasteiger partial charge in [-0.25, -0.2) is 4.79 Å². The van der Waals surface area contributed by atoms with Crippen LogP contribution < -0.4 is 15.4 Å². The van der Waals surface area contributed by atoms with Crippen molar-refractivity contribution in [2.24, 2.45) is 0 Å². The molecule has 2 N–H and O–H groups in total. The minimum absolute atomic E-state index is 0.185. The van der Waals surface area contributed by atoms with E-state index in [1.54, 1.807) is 0 Å². The number of carbonyl (C=O) groups excluding carboxylic acids is 1. The molecule has 0 saturated heterocycles. The van der Waals surface area contributed by atoms with Gasteiger partial charge in [0, 0.05) is 11.6 Å². The maximum atomic E-state index is 11.8. The minimum atomic E-state index is -0.185. The van der Waals surface area contributed by atoms with Crippen LogP contribution in [0.5, 0.6) is 5.75 Å². The lowest BCUT2D eigenvalue weighted by atomic mass is 10.0. The molecule has 0 spiro atoms. The fraction of sp³-hybridized carbons (Fsp3) is 0.350. The summed E-state index contributed by atoms with van der Waals surface area (Å²) in [5.41, 5.74) is 2.31. The lowest BCUT2D eigenvalue weighted by Crippen LogP contribution is -2.38. The molecule has 5 heteroatoms. The first-order chi connectivity index (χ1) is 12.1. The first-order valence-corrected chi connectivity index (χ1v) is 8.92. The molecule has 2 amide bonds. The zero-order chi connectivity index (χ0) is 18.1. The van der Waals surface area contributed by atoms with Gasteiger partial charge in [-0.2, -0.15) is 0 Å². The molecule has 0 atom stereocenters. The van der Waals surface area contributed by atoms with E-state index >= 15 is 0 Å². The van der Waals surface area contributed by atoms with Gasteiger partial charge in [0.25, 0.3) is 0 Å². The average molecular weight is 361 g/mol. The highest BCUT2D eigenvalue weighted by atomic mass is 35.5. The lowest BCUT2D eigenvalue weighted by molar-refractivity contribution is 0.236. The van der Waals surface area contributed by atoms with E-state index in [-0.39, 0.29) is 6.03 Å². The standard InChI is InChI=1S/C20H25ClN2O2/c1-15(2)18-5-3-4-6-19(18)25-14-13-23-20(24)22-12-11-16-7-9-17(21)10-8-16/h3-10,15H,11-14H2,1-2H3,(H2,22,23,24). The van der Waals surface area contributed by atoms with Crippen molar-refractivity contribution in [2.75, 3.05) is 19.7 Å². The number of urea groups is 1. The van der Waals surface area contributed by atoms with Gasteiger partial charge in [-0.1, -0.05) is 55.8 Å². The summed E-state index contributed by atoms with van der Waals surface area (Å²) >= 11 is 5.85. The SMILES string of the molecule is CC(C)c1ccccc1OCCNC(=O)NCCc1ccc(Cl)cc1. The summed E-state index contributed by atoms with van der Waals surface area (Å²) in [6.07, 6.45) is 0.767. The Hall–Kier alpha value is -2.20. The molecule has 4 nitrogen and oxygen atoms in total. The minimum Gasteiger partial charge on any atom is -0.491 e. The fourth-order valence-electron chi connectivity index (χ4n) is 2.45. The van der Waals surface area contributed by atoms with E-state index in [1.165, 1.54) is 5.56 Å². The smallest absolute Gasteiger partial charge is 0.314 e. The number of benzene rings is 2. The number of nitrogens with one attached hydrogen (secondary N) is 2. The van der Waals surface area contributed by atoms with Crippen LogP contribution in [0.2, 0.25) is 5.02 Å². The Bertz CT molecular complexity index is 672. The number of ether oxygens (including phenoxy) is 1. The van der Waals surface area contributed by atoms with E-state index in [9.17, 15) is 4.79 Å². The predicted octanol–water partition coefficient (Wildman–Crippen LogP) is 4.38. The van der Waals surface area contributed by atoms with Crippen LogP contribution in [0.1, 0.15) is 30.9 Å². The van der Waals surface area contributed by atoms with Crippen molar-refractivity contribution in [1.82, 2.24) is 10.6 Å². The number of halogens is 1. The van der Waals surface area contributed by atoms with Gasteiger partial charge in [0.05, 0.1) is 6.54 Å². The summed E-state index contributed by atoms with van der Waals surface area (Å²) in [4.78, 5) is 11.8. The molecule has 0 aliphatic heterocycles. The number of hydrogen-bond donors (Lipinski definition) is 2. The molecule has 2 aromatic rings. The highest BCUT2D eigenvalue weighted by molar-refractivity contribution is 6.30. The first-order valence-electron chi connectivity index (χ1n) is 8.54. The zero-order valence-electron chi connectivity index (χ0n) is 14.7. The second-order valence-electron chi connectivity index (χ2n) is 6.10. The molecule has 0 radical (unpaired) electrons. The monoisotopic (exact) mass is 360 g/mol. The molecule has 0 fully saturated rings. The predicted molar refractivity (Wildman–Crippen MR) is 103 cm³/mol. The van der Waals surface area contributed by atoms with Gasteiger partial charge in [-0.3, -0.25) is 0 Å². The topological polar surface area (TPSA) is 50.4 Å². The maximum absolute atomic E-state index is 11.8. The normalized spacial score (nSPS) is 10.6. The molecule has 0 aliphatic carbocycles. The van der Waals surface area contributed by atoms with Crippen LogP contribution in [0.4, 0.5) is 4.79 Å². The molecular weight excluding hydrogens is 336 g/mol. The molecule has 0 unspecified atom stereocenters. The van der Waals surface area contributed by atoms with E-state index in [4.69, 9.17) is 16.3 Å². The Labute approximate surface area is 154 Å². The molecule has 2 aromatic carbocycles. The molecule has 0 aliphatic rings. The number of amides is 2. The van der Waals surface area contributed by atoms with E-state index in [0.717, 1.165) is 17.7 Å². The van der Waals surface area contributed by atoms with Gasteiger partial charge >= 0.3 is 6.03 Å². The largest absolute Gasteiger partial charge is 0.491 e. The summed E-state index contributed by atoms with van der Waals surface area (Å²) in [6.45, 7) is 5.74. The van der Waals surface area contributed by atoms with Gasteiger partial charge < -0.3 is 15.4 Å². The average Bonchev–Trinajstić information content (AvgIpc) is 2.60. The molecule has 0 heterocycles. The zero-order valence-corrected chi connectivity index (χ0v) is 15.5. The van der Waals surface area contributed by atoms with Crippen molar-refractivity contribution in [3.05, 3.63) is 64.7 Å². The Morgan fingerprint density at radius 2 is 1.72 bits per heavy atom. The van der Waals surface area contributed by atoms with Crippen LogP contribution >= 0.6 is 11.6 Å². The Kier molecular flexibility index (Phi) is 7.61. The van der Waals surface area contributed by atoms with Gasteiger partial charge in [0.2, 0.25) is 0 Å². The molecule has 2 rings (SSSR count). The van der Waals surface area contributed by atoms with Gasteiger partial charge in [-0.15, -0.1) is 0 Å². The van der Waals surface area contributed by atoms with Crippen molar-refractivity contribution >= 4 is 17.6 Å². The number of rotatable bonds is 8. The highest BCUT2D eigenvalue weighted by Gasteiger charge is 2.06. The van der Waals surface area contributed by atoms with E-state index in [0.29, 0.717) is 30.6 Å². The third kappa shape index (κ3) is 6.67. The van der Waals surface area contributed by atoms with Crippen LogP contribution in [0.15, 0.2) is 48.5 Å². The number of hydrogen-bond acceptors (Lipinski definition) is 2. The summed E-state index contributed by atoms with van der Waals surface area (Å²) in [7, 11) is 0. The Morgan fingerprint density at radius 1 is 1.04 bits per heavy atom. The van der Waals surface area contributed by atoms with E-state index in [2.05, 4.69) is 30.5 Å². The summed E-state index contributed by atoms with van der Waals surface area (Å²) < 4.78 is 5.78. The van der Waals surface area contributed by atoms with Crippen molar-refractivity contribution in [3.63, 3.8) is 0 Å². The third-order valence-electron chi connectivity index (χ3n) is 3.80. The molecule has 25 heavy (non-hydrogen) atoms. The first kappa shape index (κ1) is 19.1. The molecule has 134 valence electrons. The second-order valence-corrected chi connectivity index (χ2v) is 6.54. The van der Waals surface area contributed by atoms with Crippen LogP contribution in [0, 0.1) is 0 Å². The number of para-hydroxylation sites is 1. The van der Waals surface area contributed by atoms with Crippen molar-refractivity contribution < 1.29 is 9.53 Å². The van der Waals surface area contributed by atoms with Gasteiger partial charge in [0.15, 0.2) is 0 Å². The van der Waals surface area contributed by atoms with E-state index in [1.807, 2.05) is 42.5 Å². The fourth-order valence-corrected chi connectivity index (χ4v) is 2.57. The van der Waals surface area contributed by atoms with Crippen LogP contribution in [0.3, 0.4) is 0 Å². The summed E-state index contributed by atoms with van der Waals surface area (Å²) in [5.74, 6) is 1.28. The van der Waals surface area contributed by atoms with Gasteiger partial charge in [-0.05, 0) is 41.7 Å². The van der Waals surface area contributed by atoms with Crippen molar-refractivity contribution in [1.29, 1.82) is 0 Å². The molecular formula is C20H25ClN2O2. The lowest BCUT2D eigenvalue weighted by Gasteiger charge is -2.14. The third-order valence-corrected chi connectivity index (χ3v) is 4.05. The Morgan fingerprint density at radius 3 is 2.44 bits per heavy atom. The number of carbonyl (C=O) groups is 1. The van der Waals surface area contributed by atoms with Crippen molar-refractivity contribution in [3.8, 4) is 5.75 Å². The van der Waals surface area contributed by atoms with Crippen molar-refractivity contribution in [2.45, 2.75) is 26.2 Å². The van der Waals surface area contributed by atoms with Crippen LogP contribution in [0.25, 0.3) is 0 Å². The maximum Gasteiger partial charge on any atom is 0.314 e. The van der Waals surface area contributed by atoms with E-state index < -0.39 is 0 Å². The molecule has 0 bridgehead atoms. The molecule has 0 aromatic heterocycles. The van der Waals surface area contributed by atoms with Gasteiger partial charge in [0.1, 0.15) is 12.4 Å². The Balaban J connectivity index is 1.63.